The molecule has 1 aliphatic carbocycles. The summed E-state index contributed by atoms with van der Waals surface area (Å²) in [5, 5.41) is 2.15. The van der Waals surface area contributed by atoms with Gasteiger partial charge in [0, 0.05) is 6.42 Å². The van der Waals surface area contributed by atoms with Gasteiger partial charge < -0.3 is 4.74 Å². The van der Waals surface area contributed by atoms with Crippen LogP contribution in [0.25, 0.3) is 10.8 Å². The monoisotopic (exact) mass is 296 g/mol. The third-order valence-corrected chi connectivity index (χ3v) is 4.55. The van der Waals surface area contributed by atoms with E-state index in [4.69, 9.17) is 4.74 Å². The molecule has 0 amide bonds. The minimum atomic E-state index is -1.11. The fourth-order valence-corrected chi connectivity index (χ4v) is 3.38. The maximum absolute atomic E-state index is 12.7. The topological polar surface area (TPSA) is 43.4 Å². The fourth-order valence-electron chi connectivity index (χ4n) is 3.38. The van der Waals surface area contributed by atoms with Gasteiger partial charge in [0.05, 0.1) is 6.61 Å². The maximum Gasteiger partial charge on any atom is 0.324 e. The van der Waals surface area contributed by atoms with E-state index in [9.17, 15) is 9.59 Å². The molecule has 0 radical (unpaired) electrons. The average Bonchev–Trinajstić information content (AvgIpc) is 2.55. The number of esters is 1. The highest BCUT2D eigenvalue weighted by Gasteiger charge is 2.49. The number of benzene rings is 2. The Labute approximate surface area is 130 Å². The zero-order chi connectivity index (χ0) is 15.6. The van der Waals surface area contributed by atoms with Crippen LogP contribution in [0.15, 0.2) is 42.5 Å². The van der Waals surface area contributed by atoms with Crippen LogP contribution in [-0.4, -0.2) is 18.4 Å². The molecule has 1 unspecified atom stereocenters. The van der Waals surface area contributed by atoms with Gasteiger partial charge in [0.25, 0.3) is 0 Å². The first-order valence-electron chi connectivity index (χ1n) is 7.88. The molecule has 2 aromatic rings. The molecule has 114 valence electrons. The van der Waals surface area contributed by atoms with Crippen LogP contribution >= 0.6 is 0 Å². The average molecular weight is 296 g/mol. The molecule has 3 nitrogen and oxygen atoms in total. The maximum atomic E-state index is 12.7. The molecule has 0 heterocycles. The SMILES string of the molecule is CCOC(=O)C1(c2ccc3ccccc3c2)CCCCC1=O. The molecule has 0 saturated heterocycles. The number of hydrogen-bond donors (Lipinski definition) is 0. The molecule has 1 aliphatic rings. The number of rotatable bonds is 3. The van der Waals surface area contributed by atoms with Crippen LogP contribution in [0.1, 0.15) is 38.2 Å². The third-order valence-electron chi connectivity index (χ3n) is 4.55. The third kappa shape index (κ3) is 2.31. The van der Waals surface area contributed by atoms with Crippen molar-refractivity contribution in [3.63, 3.8) is 0 Å². The summed E-state index contributed by atoms with van der Waals surface area (Å²) in [6.07, 6.45) is 2.72. The van der Waals surface area contributed by atoms with Gasteiger partial charge in [-0.05, 0) is 42.2 Å². The van der Waals surface area contributed by atoms with Crippen molar-refractivity contribution in [1.29, 1.82) is 0 Å². The van der Waals surface area contributed by atoms with E-state index in [-0.39, 0.29) is 5.78 Å². The number of Topliss-reactive ketones (excluding diaryl/α,β-unsaturated/α-hetero) is 1. The van der Waals surface area contributed by atoms with Crippen LogP contribution in [0, 0.1) is 0 Å². The lowest BCUT2D eigenvalue weighted by Gasteiger charge is -2.34. The van der Waals surface area contributed by atoms with Crippen molar-refractivity contribution in [3.8, 4) is 0 Å². The molecule has 0 aromatic heterocycles. The Kier molecular flexibility index (Phi) is 3.97. The van der Waals surface area contributed by atoms with Gasteiger partial charge in [0.15, 0.2) is 11.2 Å². The second kappa shape index (κ2) is 5.91. The highest BCUT2D eigenvalue weighted by Crippen LogP contribution is 2.39. The van der Waals surface area contributed by atoms with Crippen molar-refractivity contribution in [1.82, 2.24) is 0 Å². The van der Waals surface area contributed by atoms with Crippen LogP contribution < -0.4 is 0 Å². The molecule has 0 aliphatic heterocycles. The normalized spacial score (nSPS) is 21.8. The van der Waals surface area contributed by atoms with Crippen LogP contribution in [0.3, 0.4) is 0 Å². The molecule has 1 atom stereocenters. The zero-order valence-corrected chi connectivity index (χ0v) is 12.8. The van der Waals surface area contributed by atoms with E-state index in [0.29, 0.717) is 19.4 Å². The molecule has 3 heteroatoms. The molecule has 3 rings (SSSR count). The van der Waals surface area contributed by atoms with Gasteiger partial charge in [0.1, 0.15) is 0 Å². The highest BCUT2D eigenvalue weighted by molar-refractivity contribution is 6.10. The Morgan fingerprint density at radius 2 is 1.91 bits per heavy atom. The van der Waals surface area contributed by atoms with E-state index in [1.54, 1.807) is 6.92 Å². The summed E-state index contributed by atoms with van der Waals surface area (Å²) in [6, 6.07) is 13.8. The molecule has 1 fully saturated rings. The van der Waals surface area contributed by atoms with Crippen molar-refractivity contribution < 1.29 is 14.3 Å². The van der Waals surface area contributed by atoms with Crippen molar-refractivity contribution >= 4 is 22.5 Å². The molecule has 2 aromatic carbocycles. The molecular weight excluding hydrogens is 276 g/mol. The lowest BCUT2D eigenvalue weighted by atomic mass is 9.68. The van der Waals surface area contributed by atoms with Crippen LogP contribution in [0.5, 0.6) is 0 Å². The summed E-state index contributed by atoms with van der Waals surface area (Å²) in [5.74, 6) is -0.400. The first kappa shape index (κ1) is 14.8. The Hall–Kier alpha value is -2.16. The lowest BCUT2D eigenvalue weighted by Crippen LogP contribution is -2.47. The summed E-state index contributed by atoms with van der Waals surface area (Å²) >= 11 is 0. The smallest absolute Gasteiger partial charge is 0.324 e. The molecular formula is C19H20O3. The van der Waals surface area contributed by atoms with Gasteiger partial charge in [-0.1, -0.05) is 42.8 Å². The first-order valence-corrected chi connectivity index (χ1v) is 7.88. The second-order valence-electron chi connectivity index (χ2n) is 5.82. The highest BCUT2D eigenvalue weighted by atomic mass is 16.5. The summed E-state index contributed by atoms with van der Waals surface area (Å²) in [4.78, 5) is 25.3. The number of carbonyl (C=O) groups is 2. The van der Waals surface area contributed by atoms with Gasteiger partial charge in [-0.3, -0.25) is 9.59 Å². The standard InChI is InChI=1S/C19H20O3/c1-2-22-18(21)19(12-6-5-9-17(19)20)16-11-10-14-7-3-4-8-15(14)13-16/h3-4,7-8,10-11,13H,2,5-6,9,12H2,1H3. The number of hydrogen-bond acceptors (Lipinski definition) is 3. The van der Waals surface area contributed by atoms with Gasteiger partial charge >= 0.3 is 5.97 Å². The lowest BCUT2D eigenvalue weighted by molar-refractivity contribution is -0.155. The minimum Gasteiger partial charge on any atom is -0.465 e. The Morgan fingerprint density at radius 1 is 1.14 bits per heavy atom. The van der Waals surface area contributed by atoms with Crippen LogP contribution in [0.4, 0.5) is 0 Å². The second-order valence-corrected chi connectivity index (χ2v) is 5.82. The van der Waals surface area contributed by atoms with Crippen LogP contribution in [-0.2, 0) is 19.7 Å². The number of ether oxygens (including phenoxy) is 1. The largest absolute Gasteiger partial charge is 0.465 e. The van der Waals surface area contributed by atoms with Gasteiger partial charge in [-0.25, -0.2) is 0 Å². The van der Waals surface area contributed by atoms with E-state index in [1.165, 1.54) is 0 Å². The fraction of sp³-hybridized carbons (Fsp3) is 0.368. The number of ketones is 1. The minimum absolute atomic E-state index is 0.00696. The zero-order valence-electron chi connectivity index (χ0n) is 12.8. The van der Waals surface area contributed by atoms with Gasteiger partial charge in [-0.15, -0.1) is 0 Å². The first-order chi connectivity index (χ1) is 10.7. The van der Waals surface area contributed by atoms with E-state index in [0.717, 1.165) is 29.2 Å². The molecule has 1 saturated carbocycles. The Bertz CT molecular complexity index is 719. The van der Waals surface area contributed by atoms with Crippen molar-refractivity contribution in [2.24, 2.45) is 0 Å². The molecule has 22 heavy (non-hydrogen) atoms. The molecule has 0 spiro atoms. The quantitative estimate of drug-likeness (QED) is 0.639. The summed E-state index contributed by atoms with van der Waals surface area (Å²) < 4.78 is 5.26. The summed E-state index contributed by atoms with van der Waals surface area (Å²) in [5.41, 5.74) is -0.340. The van der Waals surface area contributed by atoms with E-state index < -0.39 is 11.4 Å². The predicted molar refractivity (Wildman–Crippen MR) is 85.7 cm³/mol. The number of fused-ring (bicyclic) bond motifs is 1. The Balaban J connectivity index is 2.14. The van der Waals surface area contributed by atoms with E-state index in [2.05, 4.69) is 0 Å². The van der Waals surface area contributed by atoms with Gasteiger partial charge in [0.2, 0.25) is 0 Å². The van der Waals surface area contributed by atoms with Crippen molar-refractivity contribution in [2.75, 3.05) is 6.61 Å². The van der Waals surface area contributed by atoms with Crippen LogP contribution in [0.2, 0.25) is 0 Å². The van der Waals surface area contributed by atoms with Gasteiger partial charge in [-0.2, -0.15) is 0 Å². The van der Waals surface area contributed by atoms with E-state index in [1.807, 2.05) is 42.5 Å². The number of carbonyl (C=O) groups excluding carboxylic acids is 2. The predicted octanol–water partition coefficient (Wildman–Crippen LogP) is 3.78. The Morgan fingerprint density at radius 3 is 2.64 bits per heavy atom. The molecule has 0 bridgehead atoms. The molecule has 0 N–H and O–H groups in total. The van der Waals surface area contributed by atoms with Crippen molar-refractivity contribution in [2.45, 2.75) is 38.0 Å². The summed E-state index contributed by atoms with van der Waals surface area (Å²) in [6.45, 7) is 2.07. The van der Waals surface area contributed by atoms with Crippen molar-refractivity contribution in [3.05, 3.63) is 48.0 Å². The summed E-state index contributed by atoms with van der Waals surface area (Å²) in [7, 11) is 0. The van der Waals surface area contributed by atoms with E-state index >= 15 is 0 Å².